The summed E-state index contributed by atoms with van der Waals surface area (Å²) in [7, 11) is 3.05. The molecule has 0 saturated carbocycles. The number of esters is 1. The van der Waals surface area contributed by atoms with Crippen molar-refractivity contribution in [3.63, 3.8) is 0 Å². The van der Waals surface area contributed by atoms with Crippen molar-refractivity contribution in [3.05, 3.63) is 24.3 Å². The van der Waals surface area contributed by atoms with E-state index in [1.807, 2.05) is 18.2 Å². The number of nitrogens with one attached hydrogen (secondary N) is 1. The molecule has 2 rings (SSSR count). The zero-order valence-electron chi connectivity index (χ0n) is 15.0. The number of benzene rings is 1. The summed E-state index contributed by atoms with van der Waals surface area (Å²) in [6, 6.07) is 7.99. The fourth-order valence-corrected chi connectivity index (χ4v) is 2.86. The molecule has 7 heteroatoms. The Bertz CT molecular complexity index is 571. The molecule has 0 radical (unpaired) electrons. The normalized spacial score (nSPS) is 14.9. The predicted molar refractivity (Wildman–Crippen MR) is 95.9 cm³/mol. The lowest BCUT2D eigenvalue weighted by atomic mass is 10.2. The van der Waals surface area contributed by atoms with E-state index in [9.17, 15) is 9.59 Å². The largest absolute Gasteiger partial charge is 0.495 e. The van der Waals surface area contributed by atoms with Gasteiger partial charge >= 0.3 is 5.97 Å². The maximum Gasteiger partial charge on any atom is 0.305 e. The molecule has 25 heavy (non-hydrogen) atoms. The summed E-state index contributed by atoms with van der Waals surface area (Å²) >= 11 is 0. The van der Waals surface area contributed by atoms with Crippen molar-refractivity contribution in [2.24, 2.45) is 0 Å². The van der Waals surface area contributed by atoms with E-state index in [4.69, 9.17) is 4.74 Å². The molecule has 1 heterocycles. The van der Waals surface area contributed by atoms with E-state index in [1.54, 1.807) is 7.11 Å². The highest BCUT2D eigenvalue weighted by atomic mass is 16.5. The molecule has 1 aromatic carbocycles. The Hall–Kier alpha value is -2.28. The van der Waals surface area contributed by atoms with E-state index in [-0.39, 0.29) is 11.9 Å². The van der Waals surface area contributed by atoms with Crippen LogP contribution >= 0.6 is 0 Å². The Kier molecular flexibility index (Phi) is 7.53. The maximum absolute atomic E-state index is 12.0. The minimum atomic E-state index is -0.248. The fourth-order valence-electron chi connectivity index (χ4n) is 2.86. The molecule has 0 atom stereocenters. The third-order valence-electron chi connectivity index (χ3n) is 4.27. The van der Waals surface area contributed by atoms with E-state index in [0.717, 1.165) is 37.6 Å². The van der Waals surface area contributed by atoms with Gasteiger partial charge in [0, 0.05) is 39.1 Å². The van der Waals surface area contributed by atoms with E-state index < -0.39 is 0 Å². The number of rotatable bonds is 8. The first-order valence-electron chi connectivity index (χ1n) is 8.58. The number of nitrogens with zero attached hydrogens (tertiary/aromatic N) is 2. The molecule has 1 amide bonds. The van der Waals surface area contributed by atoms with Crippen LogP contribution < -0.4 is 15.0 Å². The molecule has 1 N–H and O–H groups in total. The van der Waals surface area contributed by atoms with Crippen molar-refractivity contribution in [1.29, 1.82) is 0 Å². The monoisotopic (exact) mass is 349 g/mol. The Labute approximate surface area is 148 Å². The lowest BCUT2D eigenvalue weighted by Crippen LogP contribution is -2.49. The summed E-state index contributed by atoms with van der Waals surface area (Å²) < 4.78 is 9.99. The van der Waals surface area contributed by atoms with Gasteiger partial charge in [-0.15, -0.1) is 0 Å². The second-order valence-electron chi connectivity index (χ2n) is 5.96. The van der Waals surface area contributed by atoms with Gasteiger partial charge in [-0.3, -0.25) is 14.5 Å². The van der Waals surface area contributed by atoms with Crippen LogP contribution in [0.4, 0.5) is 5.69 Å². The summed E-state index contributed by atoms with van der Waals surface area (Å²) in [5.41, 5.74) is 1.09. The number of amides is 1. The average Bonchev–Trinajstić information content (AvgIpc) is 2.65. The first-order chi connectivity index (χ1) is 12.1. The molecule has 138 valence electrons. The number of ether oxygens (including phenoxy) is 2. The van der Waals surface area contributed by atoms with Gasteiger partial charge in [-0.25, -0.2) is 0 Å². The number of para-hydroxylation sites is 2. The number of hydrogen-bond acceptors (Lipinski definition) is 6. The molecule has 1 saturated heterocycles. The van der Waals surface area contributed by atoms with Crippen molar-refractivity contribution >= 4 is 17.6 Å². The van der Waals surface area contributed by atoms with Gasteiger partial charge in [0.2, 0.25) is 5.91 Å². The molecule has 1 fully saturated rings. The Morgan fingerprint density at radius 3 is 2.52 bits per heavy atom. The van der Waals surface area contributed by atoms with Crippen LogP contribution in [0.5, 0.6) is 5.75 Å². The Balaban J connectivity index is 1.69. The van der Waals surface area contributed by atoms with Crippen LogP contribution in [0.15, 0.2) is 24.3 Å². The average molecular weight is 349 g/mol. The van der Waals surface area contributed by atoms with E-state index in [0.29, 0.717) is 25.9 Å². The highest BCUT2D eigenvalue weighted by Crippen LogP contribution is 2.28. The summed E-state index contributed by atoms with van der Waals surface area (Å²) in [5.74, 6) is 0.622. The predicted octanol–water partition coefficient (Wildman–Crippen LogP) is 0.887. The number of anilines is 1. The Morgan fingerprint density at radius 1 is 1.12 bits per heavy atom. The number of methoxy groups -OCH3 is 2. The Morgan fingerprint density at radius 2 is 1.84 bits per heavy atom. The van der Waals surface area contributed by atoms with Crippen LogP contribution in [0, 0.1) is 0 Å². The summed E-state index contributed by atoms with van der Waals surface area (Å²) in [5, 5.41) is 2.85. The van der Waals surface area contributed by atoms with Crippen LogP contribution in [-0.4, -0.2) is 70.3 Å². The van der Waals surface area contributed by atoms with Crippen molar-refractivity contribution in [3.8, 4) is 5.75 Å². The molecular formula is C18H27N3O4. The third-order valence-corrected chi connectivity index (χ3v) is 4.27. The second kappa shape index (κ2) is 9.88. The lowest BCUT2D eigenvalue weighted by Gasteiger charge is -2.36. The van der Waals surface area contributed by atoms with Crippen molar-refractivity contribution in [2.45, 2.75) is 12.8 Å². The first kappa shape index (κ1) is 19.1. The molecule has 0 unspecified atom stereocenters. The zero-order chi connectivity index (χ0) is 18.1. The fraction of sp³-hybridized carbons (Fsp3) is 0.556. The molecule has 0 spiro atoms. The summed E-state index contributed by atoms with van der Waals surface area (Å²) in [6.45, 7) is 4.25. The molecule has 0 aromatic heterocycles. The van der Waals surface area contributed by atoms with Crippen molar-refractivity contribution < 1.29 is 19.1 Å². The van der Waals surface area contributed by atoms with Crippen molar-refractivity contribution in [1.82, 2.24) is 10.2 Å². The number of hydrogen-bond donors (Lipinski definition) is 1. The van der Waals surface area contributed by atoms with E-state index in [2.05, 4.69) is 25.9 Å². The molecular weight excluding hydrogens is 322 g/mol. The first-order valence-corrected chi connectivity index (χ1v) is 8.58. The molecule has 1 aliphatic heterocycles. The van der Waals surface area contributed by atoms with Gasteiger partial charge in [0.1, 0.15) is 5.75 Å². The van der Waals surface area contributed by atoms with Crippen LogP contribution in [0.3, 0.4) is 0 Å². The van der Waals surface area contributed by atoms with Gasteiger partial charge in [-0.2, -0.15) is 0 Å². The van der Waals surface area contributed by atoms with Crippen molar-refractivity contribution in [2.75, 3.05) is 58.4 Å². The van der Waals surface area contributed by atoms with Gasteiger partial charge in [-0.05, 0) is 18.6 Å². The molecule has 7 nitrogen and oxygen atoms in total. The van der Waals surface area contributed by atoms with Gasteiger partial charge in [-0.1, -0.05) is 12.1 Å². The minimum absolute atomic E-state index is 0.00407. The molecule has 0 bridgehead atoms. The van der Waals surface area contributed by atoms with Crippen LogP contribution in [0.1, 0.15) is 12.8 Å². The SMILES string of the molecule is COC(=O)CCCNC(=O)CN1CCN(c2ccccc2OC)CC1. The highest BCUT2D eigenvalue weighted by molar-refractivity contribution is 5.78. The maximum atomic E-state index is 12.0. The number of carbonyl (C=O) groups excluding carboxylic acids is 2. The minimum Gasteiger partial charge on any atom is -0.495 e. The van der Waals surface area contributed by atoms with Crippen LogP contribution in [0.2, 0.25) is 0 Å². The number of piperazine rings is 1. The van der Waals surface area contributed by atoms with Gasteiger partial charge in [0.05, 0.1) is 26.5 Å². The molecule has 0 aliphatic carbocycles. The topological polar surface area (TPSA) is 71.1 Å². The standard InChI is InChI=1S/C18H27N3O4/c1-24-16-7-4-3-6-15(16)21-12-10-20(11-13-21)14-17(22)19-9-5-8-18(23)25-2/h3-4,6-7H,5,8-14H2,1-2H3,(H,19,22). The van der Waals surface area contributed by atoms with Crippen LogP contribution in [0.25, 0.3) is 0 Å². The van der Waals surface area contributed by atoms with E-state index >= 15 is 0 Å². The van der Waals surface area contributed by atoms with Gasteiger partial charge < -0.3 is 19.7 Å². The smallest absolute Gasteiger partial charge is 0.305 e. The summed E-state index contributed by atoms with van der Waals surface area (Å²) in [6.07, 6.45) is 0.925. The molecule has 1 aliphatic rings. The summed E-state index contributed by atoms with van der Waals surface area (Å²) in [4.78, 5) is 27.4. The van der Waals surface area contributed by atoms with Crippen LogP contribution in [-0.2, 0) is 14.3 Å². The highest BCUT2D eigenvalue weighted by Gasteiger charge is 2.20. The number of carbonyl (C=O) groups is 2. The van der Waals surface area contributed by atoms with E-state index in [1.165, 1.54) is 7.11 Å². The second-order valence-corrected chi connectivity index (χ2v) is 5.96. The molecule has 1 aromatic rings. The van der Waals surface area contributed by atoms with Gasteiger partial charge in [0.15, 0.2) is 0 Å². The third kappa shape index (κ3) is 5.94. The lowest BCUT2D eigenvalue weighted by molar-refractivity contribution is -0.140. The quantitative estimate of drug-likeness (QED) is 0.555. The zero-order valence-corrected chi connectivity index (χ0v) is 15.0. The van der Waals surface area contributed by atoms with Gasteiger partial charge in [0.25, 0.3) is 0 Å².